The zero-order valence-electron chi connectivity index (χ0n) is 5.98. The van der Waals surface area contributed by atoms with E-state index in [2.05, 4.69) is 5.32 Å². The van der Waals surface area contributed by atoms with Crippen molar-refractivity contribution in [1.82, 2.24) is 5.32 Å². The molecule has 1 unspecified atom stereocenters. The Kier molecular flexibility index (Phi) is 2.52. The highest BCUT2D eigenvalue weighted by atomic mass is 19.2. The van der Waals surface area contributed by atoms with Crippen LogP contribution in [-0.2, 0) is 4.79 Å². The second-order valence-electron chi connectivity index (χ2n) is 2.30. The Labute approximate surface area is 66.8 Å². The summed E-state index contributed by atoms with van der Waals surface area (Å²) in [5.41, 5.74) is 0.0383. The van der Waals surface area contributed by atoms with E-state index in [-0.39, 0.29) is 18.5 Å². The molecule has 0 fully saturated rings. The Balaban J connectivity index is 2.82. The third kappa shape index (κ3) is 1.66. The maximum atomic E-state index is 12.5. The van der Waals surface area contributed by atoms with Crippen LogP contribution in [0.25, 0.3) is 0 Å². The van der Waals surface area contributed by atoms with Crippen molar-refractivity contribution in [1.29, 1.82) is 0 Å². The number of carbonyl (C=O) groups excluding carboxylic acids is 1. The molecule has 1 amide bonds. The zero-order chi connectivity index (χ0) is 9.14. The normalized spacial score (nSPS) is 23.6. The average molecular weight is 177 g/mol. The summed E-state index contributed by atoms with van der Waals surface area (Å²) in [5, 5.41) is 2.07. The number of nitrogens with one attached hydrogen (secondary N) is 1. The summed E-state index contributed by atoms with van der Waals surface area (Å²) in [7, 11) is 0. The van der Waals surface area contributed by atoms with Crippen LogP contribution in [0.5, 0.6) is 0 Å². The summed E-state index contributed by atoms with van der Waals surface area (Å²) in [5.74, 6) is -2.68. The van der Waals surface area contributed by atoms with Crippen molar-refractivity contribution in [3.05, 3.63) is 23.4 Å². The molecule has 0 radical (unpaired) electrons. The number of amides is 1. The number of alkyl halides is 1. The molecule has 12 heavy (non-hydrogen) atoms. The van der Waals surface area contributed by atoms with Crippen LogP contribution in [0.15, 0.2) is 23.4 Å². The SMILES string of the molecule is O=CNC1=CC(F)=C(F)C(F)C1. The van der Waals surface area contributed by atoms with Crippen LogP contribution in [-0.4, -0.2) is 12.6 Å². The van der Waals surface area contributed by atoms with Gasteiger partial charge in [-0.05, 0) is 6.08 Å². The van der Waals surface area contributed by atoms with E-state index >= 15 is 0 Å². The fourth-order valence-electron chi connectivity index (χ4n) is 0.889. The van der Waals surface area contributed by atoms with Crippen LogP contribution in [0.2, 0.25) is 0 Å². The average Bonchev–Trinajstić information content (AvgIpc) is 2.01. The van der Waals surface area contributed by atoms with E-state index in [9.17, 15) is 18.0 Å². The van der Waals surface area contributed by atoms with E-state index in [1.807, 2.05) is 0 Å². The van der Waals surface area contributed by atoms with Gasteiger partial charge >= 0.3 is 0 Å². The molecule has 0 saturated heterocycles. The monoisotopic (exact) mass is 177 g/mol. The first kappa shape index (κ1) is 8.83. The minimum atomic E-state index is -1.99. The van der Waals surface area contributed by atoms with Gasteiger partial charge < -0.3 is 5.32 Å². The Hall–Kier alpha value is -1.26. The van der Waals surface area contributed by atoms with Crippen molar-refractivity contribution in [2.75, 3.05) is 0 Å². The van der Waals surface area contributed by atoms with Gasteiger partial charge in [0.2, 0.25) is 6.41 Å². The predicted molar refractivity (Wildman–Crippen MR) is 36.0 cm³/mol. The zero-order valence-corrected chi connectivity index (χ0v) is 5.98. The van der Waals surface area contributed by atoms with Crippen molar-refractivity contribution >= 4 is 6.41 Å². The van der Waals surface area contributed by atoms with Gasteiger partial charge in [0.05, 0.1) is 0 Å². The molecule has 0 aliphatic heterocycles. The molecule has 0 heterocycles. The number of carbonyl (C=O) groups is 1. The van der Waals surface area contributed by atoms with Crippen molar-refractivity contribution < 1.29 is 18.0 Å². The third-order valence-corrected chi connectivity index (χ3v) is 1.45. The van der Waals surface area contributed by atoms with Gasteiger partial charge in [0.25, 0.3) is 0 Å². The van der Waals surface area contributed by atoms with E-state index in [4.69, 9.17) is 0 Å². The number of halogens is 3. The molecule has 2 nitrogen and oxygen atoms in total. The van der Waals surface area contributed by atoms with Gasteiger partial charge in [-0.3, -0.25) is 4.79 Å². The first-order valence-corrected chi connectivity index (χ1v) is 3.25. The quantitative estimate of drug-likeness (QED) is 0.636. The standard InChI is InChI=1S/C7H6F3NO/c8-5-1-4(11-3-12)2-6(9)7(5)10/h1,3,6H,2H2,(H,11,12). The van der Waals surface area contributed by atoms with Crippen LogP contribution in [0.4, 0.5) is 13.2 Å². The summed E-state index contributed by atoms with van der Waals surface area (Å²) in [6.45, 7) is 0. The molecular formula is C7H6F3NO. The molecule has 0 aromatic heterocycles. The lowest BCUT2D eigenvalue weighted by Crippen LogP contribution is -2.18. The van der Waals surface area contributed by atoms with E-state index in [1.54, 1.807) is 0 Å². The molecule has 1 aliphatic carbocycles. The van der Waals surface area contributed by atoms with Gasteiger partial charge in [0, 0.05) is 12.1 Å². The maximum Gasteiger partial charge on any atom is 0.211 e. The van der Waals surface area contributed by atoms with Gasteiger partial charge in [0.1, 0.15) is 0 Å². The van der Waals surface area contributed by atoms with Crippen molar-refractivity contribution in [2.24, 2.45) is 0 Å². The number of hydrogen-bond acceptors (Lipinski definition) is 1. The Morgan fingerprint density at radius 2 is 2.25 bits per heavy atom. The molecule has 0 saturated carbocycles. The molecule has 0 aromatic carbocycles. The van der Waals surface area contributed by atoms with E-state index in [0.29, 0.717) is 0 Å². The number of hydrogen-bond donors (Lipinski definition) is 1. The minimum Gasteiger partial charge on any atom is -0.332 e. The molecule has 5 heteroatoms. The van der Waals surface area contributed by atoms with Crippen LogP contribution in [0, 0.1) is 0 Å². The molecule has 1 atom stereocenters. The first-order chi connectivity index (χ1) is 5.65. The van der Waals surface area contributed by atoms with E-state index < -0.39 is 17.8 Å². The number of allylic oxidation sites excluding steroid dienone is 4. The minimum absolute atomic E-state index is 0.0383. The lowest BCUT2D eigenvalue weighted by Gasteiger charge is -2.13. The molecule has 66 valence electrons. The van der Waals surface area contributed by atoms with Crippen LogP contribution in [0.1, 0.15) is 6.42 Å². The van der Waals surface area contributed by atoms with Gasteiger partial charge in [0.15, 0.2) is 17.8 Å². The summed E-state index contributed by atoms with van der Waals surface area (Å²) in [4.78, 5) is 9.86. The largest absolute Gasteiger partial charge is 0.332 e. The summed E-state index contributed by atoms with van der Waals surface area (Å²) < 4.78 is 37.3. The van der Waals surface area contributed by atoms with Crippen LogP contribution in [0.3, 0.4) is 0 Å². The van der Waals surface area contributed by atoms with Crippen LogP contribution >= 0.6 is 0 Å². The second-order valence-corrected chi connectivity index (χ2v) is 2.30. The number of rotatable bonds is 2. The Bertz CT molecular complexity index is 259. The summed E-state index contributed by atoms with van der Waals surface area (Å²) >= 11 is 0. The van der Waals surface area contributed by atoms with Gasteiger partial charge in [-0.15, -0.1) is 0 Å². The fourth-order valence-corrected chi connectivity index (χ4v) is 0.889. The lowest BCUT2D eigenvalue weighted by molar-refractivity contribution is -0.109. The highest BCUT2D eigenvalue weighted by Crippen LogP contribution is 2.26. The summed E-state index contributed by atoms with van der Waals surface area (Å²) in [6.07, 6.45) is -1.27. The topological polar surface area (TPSA) is 29.1 Å². The van der Waals surface area contributed by atoms with Gasteiger partial charge in [-0.2, -0.15) is 0 Å². The second kappa shape index (κ2) is 3.42. The van der Waals surface area contributed by atoms with E-state index in [0.717, 1.165) is 6.08 Å². The molecular weight excluding hydrogens is 171 g/mol. The molecule has 1 N–H and O–H groups in total. The van der Waals surface area contributed by atoms with Crippen molar-refractivity contribution in [3.63, 3.8) is 0 Å². The maximum absolute atomic E-state index is 12.5. The molecule has 1 aliphatic rings. The van der Waals surface area contributed by atoms with Gasteiger partial charge in [-0.25, -0.2) is 13.2 Å². The Morgan fingerprint density at radius 1 is 1.58 bits per heavy atom. The Morgan fingerprint density at radius 3 is 2.75 bits per heavy atom. The fraction of sp³-hybridized carbons (Fsp3) is 0.286. The van der Waals surface area contributed by atoms with Crippen molar-refractivity contribution in [3.8, 4) is 0 Å². The van der Waals surface area contributed by atoms with Gasteiger partial charge in [-0.1, -0.05) is 0 Å². The molecule has 1 rings (SSSR count). The predicted octanol–water partition coefficient (Wildman–Crippen LogP) is 1.51. The molecule has 0 bridgehead atoms. The first-order valence-electron chi connectivity index (χ1n) is 3.25. The highest BCUT2D eigenvalue weighted by molar-refractivity contribution is 5.51. The molecule has 0 aromatic rings. The van der Waals surface area contributed by atoms with Crippen LogP contribution < -0.4 is 5.32 Å². The van der Waals surface area contributed by atoms with E-state index in [1.165, 1.54) is 0 Å². The smallest absolute Gasteiger partial charge is 0.211 e. The highest BCUT2D eigenvalue weighted by Gasteiger charge is 2.23. The van der Waals surface area contributed by atoms with Crippen molar-refractivity contribution in [2.45, 2.75) is 12.6 Å². The lowest BCUT2D eigenvalue weighted by atomic mass is 10.1. The summed E-state index contributed by atoms with van der Waals surface area (Å²) in [6, 6.07) is 0. The molecule has 0 spiro atoms. The third-order valence-electron chi connectivity index (χ3n) is 1.45.